The normalized spacial score (nSPS) is 10.8. The average molecular weight is 233 g/mol. The van der Waals surface area contributed by atoms with Gasteiger partial charge < -0.3 is 10.1 Å². The number of ether oxygens (including phenoxy) is 1. The molecule has 1 aromatic carbocycles. The second kappa shape index (κ2) is 6.50. The highest BCUT2D eigenvalue weighted by Gasteiger charge is 2.09. The number of rotatable bonds is 6. The average Bonchev–Trinajstić information content (AvgIpc) is 2.25. The second-order valence-corrected chi connectivity index (χ2v) is 3.25. The molecule has 0 heterocycles. The lowest BCUT2D eigenvalue weighted by Crippen LogP contribution is -2.19. The van der Waals surface area contributed by atoms with Gasteiger partial charge in [0.25, 0.3) is 0 Å². The van der Waals surface area contributed by atoms with Crippen LogP contribution in [0.4, 0.5) is 13.2 Å². The maximum atomic E-state index is 12.8. The Hall–Kier alpha value is -1.07. The highest BCUT2D eigenvalue weighted by Crippen LogP contribution is 2.13. The van der Waals surface area contributed by atoms with Crippen molar-refractivity contribution in [2.45, 2.75) is 13.5 Å². The van der Waals surface area contributed by atoms with Gasteiger partial charge in [0.15, 0.2) is 17.5 Å². The third-order valence-corrected chi connectivity index (χ3v) is 2.00. The molecule has 1 rings (SSSR count). The van der Waals surface area contributed by atoms with Crippen molar-refractivity contribution in [1.82, 2.24) is 5.32 Å². The molecule has 0 radical (unpaired) electrons. The molecular formula is C11H14F3NO. The fourth-order valence-corrected chi connectivity index (χ4v) is 1.23. The van der Waals surface area contributed by atoms with Gasteiger partial charge in [0.2, 0.25) is 0 Å². The van der Waals surface area contributed by atoms with Crippen LogP contribution in [0.2, 0.25) is 0 Å². The number of hydrogen-bond donors (Lipinski definition) is 1. The fraction of sp³-hybridized carbons (Fsp3) is 0.455. The van der Waals surface area contributed by atoms with E-state index in [1.165, 1.54) is 0 Å². The summed E-state index contributed by atoms with van der Waals surface area (Å²) in [6, 6.07) is 1.96. The predicted octanol–water partition coefficient (Wildman–Crippen LogP) is 2.23. The largest absolute Gasteiger partial charge is 0.380 e. The minimum atomic E-state index is -1.43. The van der Waals surface area contributed by atoms with Crippen molar-refractivity contribution in [3.05, 3.63) is 35.1 Å². The van der Waals surface area contributed by atoms with Crippen molar-refractivity contribution in [3.8, 4) is 0 Å². The standard InChI is InChI=1S/C11H14F3NO/c1-2-16-4-3-15-7-8-5-9(12)11(14)10(13)6-8/h5-6,15H,2-4,7H2,1H3. The molecule has 0 spiro atoms. The van der Waals surface area contributed by atoms with Crippen LogP contribution in [0.1, 0.15) is 12.5 Å². The van der Waals surface area contributed by atoms with Crippen LogP contribution in [-0.2, 0) is 11.3 Å². The lowest BCUT2D eigenvalue weighted by Gasteiger charge is -2.06. The van der Waals surface area contributed by atoms with Gasteiger partial charge in [0.1, 0.15) is 0 Å². The third-order valence-electron chi connectivity index (χ3n) is 2.00. The van der Waals surface area contributed by atoms with Crippen LogP contribution >= 0.6 is 0 Å². The van der Waals surface area contributed by atoms with Gasteiger partial charge in [-0.2, -0.15) is 0 Å². The van der Waals surface area contributed by atoms with Crippen LogP contribution in [0.15, 0.2) is 12.1 Å². The number of nitrogens with one attached hydrogen (secondary N) is 1. The summed E-state index contributed by atoms with van der Waals surface area (Å²) >= 11 is 0. The zero-order valence-electron chi connectivity index (χ0n) is 9.03. The molecule has 0 aliphatic rings. The van der Waals surface area contributed by atoms with Crippen LogP contribution in [0.3, 0.4) is 0 Å². The zero-order chi connectivity index (χ0) is 12.0. The highest BCUT2D eigenvalue weighted by molar-refractivity contribution is 5.19. The molecule has 0 bridgehead atoms. The molecule has 1 N–H and O–H groups in total. The van der Waals surface area contributed by atoms with E-state index in [1.807, 2.05) is 6.92 Å². The van der Waals surface area contributed by atoms with E-state index in [0.29, 0.717) is 25.3 Å². The van der Waals surface area contributed by atoms with Crippen molar-refractivity contribution in [1.29, 1.82) is 0 Å². The summed E-state index contributed by atoms with van der Waals surface area (Å²) in [6.07, 6.45) is 0. The van der Waals surface area contributed by atoms with Crippen molar-refractivity contribution in [2.24, 2.45) is 0 Å². The number of halogens is 3. The first-order valence-electron chi connectivity index (χ1n) is 5.07. The van der Waals surface area contributed by atoms with Crippen LogP contribution in [0.25, 0.3) is 0 Å². The first-order valence-corrected chi connectivity index (χ1v) is 5.07. The van der Waals surface area contributed by atoms with Crippen molar-refractivity contribution in [3.63, 3.8) is 0 Å². The summed E-state index contributed by atoms with van der Waals surface area (Å²) in [4.78, 5) is 0. The van der Waals surface area contributed by atoms with Gasteiger partial charge >= 0.3 is 0 Å². The smallest absolute Gasteiger partial charge is 0.194 e. The molecule has 0 amide bonds. The van der Waals surface area contributed by atoms with E-state index < -0.39 is 17.5 Å². The van der Waals surface area contributed by atoms with Gasteiger partial charge in [-0.3, -0.25) is 0 Å². The summed E-state index contributed by atoms with van der Waals surface area (Å²) < 4.78 is 43.3. The van der Waals surface area contributed by atoms with Crippen LogP contribution in [-0.4, -0.2) is 19.8 Å². The molecule has 2 nitrogen and oxygen atoms in total. The molecule has 0 aliphatic carbocycles. The Kier molecular flexibility index (Phi) is 5.28. The van der Waals surface area contributed by atoms with E-state index in [1.54, 1.807) is 0 Å². The Morgan fingerprint density at radius 1 is 1.19 bits per heavy atom. The van der Waals surface area contributed by atoms with Gasteiger partial charge in [0, 0.05) is 19.7 Å². The Morgan fingerprint density at radius 3 is 2.38 bits per heavy atom. The first kappa shape index (κ1) is 13.0. The van der Waals surface area contributed by atoms with Gasteiger partial charge in [0.05, 0.1) is 6.61 Å². The maximum Gasteiger partial charge on any atom is 0.194 e. The van der Waals surface area contributed by atoms with E-state index in [4.69, 9.17) is 4.74 Å². The second-order valence-electron chi connectivity index (χ2n) is 3.25. The summed E-state index contributed by atoms with van der Waals surface area (Å²) in [7, 11) is 0. The molecule has 90 valence electrons. The lowest BCUT2D eigenvalue weighted by molar-refractivity contribution is 0.149. The van der Waals surface area contributed by atoms with Crippen LogP contribution < -0.4 is 5.32 Å². The SMILES string of the molecule is CCOCCNCc1cc(F)c(F)c(F)c1. The van der Waals surface area contributed by atoms with Crippen molar-refractivity contribution < 1.29 is 17.9 Å². The minimum absolute atomic E-state index is 0.279. The molecule has 0 aliphatic heterocycles. The topological polar surface area (TPSA) is 21.3 Å². The maximum absolute atomic E-state index is 12.8. The van der Waals surface area contributed by atoms with Crippen LogP contribution in [0, 0.1) is 17.5 Å². The fourth-order valence-electron chi connectivity index (χ4n) is 1.23. The van der Waals surface area contributed by atoms with Crippen molar-refractivity contribution >= 4 is 0 Å². The van der Waals surface area contributed by atoms with Gasteiger partial charge in [-0.25, -0.2) is 13.2 Å². The summed E-state index contributed by atoms with van der Waals surface area (Å²) in [5.74, 6) is -3.76. The number of benzene rings is 1. The van der Waals surface area contributed by atoms with E-state index in [9.17, 15) is 13.2 Å². The Morgan fingerprint density at radius 2 is 1.81 bits per heavy atom. The third kappa shape index (κ3) is 3.83. The molecule has 0 saturated carbocycles. The molecule has 0 saturated heterocycles. The molecule has 0 aromatic heterocycles. The predicted molar refractivity (Wildman–Crippen MR) is 54.5 cm³/mol. The van der Waals surface area contributed by atoms with E-state index in [0.717, 1.165) is 12.1 Å². The van der Waals surface area contributed by atoms with Crippen LogP contribution in [0.5, 0.6) is 0 Å². The number of hydrogen-bond acceptors (Lipinski definition) is 2. The Bertz CT molecular complexity index is 321. The molecule has 16 heavy (non-hydrogen) atoms. The monoisotopic (exact) mass is 233 g/mol. The van der Waals surface area contributed by atoms with E-state index in [2.05, 4.69) is 5.32 Å². The van der Waals surface area contributed by atoms with Gasteiger partial charge in [-0.1, -0.05) is 0 Å². The molecular weight excluding hydrogens is 219 g/mol. The first-order chi connectivity index (χ1) is 7.65. The molecule has 0 atom stereocenters. The van der Waals surface area contributed by atoms with Crippen molar-refractivity contribution in [2.75, 3.05) is 19.8 Å². The summed E-state index contributed by atoms with van der Waals surface area (Å²) in [6.45, 7) is 3.89. The van der Waals surface area contributed by atoms with E-state index >= 15 is 0 Å². The summed E-state index contributed by atoms with van der Waals surface area (Å²) in [5.41, 5.74) is 0.368. The summed E-state index contributed by atoms with van der Waals surface area (Å²) in [5, 5.41) is 2.93. The molecule has 5 heteroatoms. The Balaban J connectivity index is 2.43. The van der Waals surface area contributed by atoms with Gasteiger partial charge in [-0.05, 0) is 24.6 Å². The lowest BCUT2D eigenvalue weighted by atomic mass is 10.2. The molecule has 0 unspecified atom stereocenters. The highest BCUT2D eigenvalue weighted by atomic mass is 19.2. The zero-order valence-corrected chi connectivity index (χ0v) is 9.03. The quantitative estimate of drug-likeness (QED) is 0.601. The minimum Gasteiger partial charge on any atom is -0.380 e. The Labute approximate surface area is 92.4 Å². The molecule has 1 aromatic rings. The molecule has 0 fully saturated rings. The van der Waals surface area contributed by atoms with Gasteiger partial charge in [-0.15, -0.1) is 0 Å². The van der Waals surface area contributed by atoms with E-state index in [-0.39, 0.29) is 6.54 Å².